The number of carbonyl (C=O) groups is 1. The van der Waals surface area contributed by atoms with Crippen LogP contribution >= 0.6 is 0 Å². The van der Waals surface area contributed by atoms with E-state index in [1.54, 1.807) is 30.3 Å². The van der Waals surface area contributed by atoms with E-state index in [4.69, 9.17) is 10.5 Å². The van der Waals surface area contributed by atoms with E-state index in [1.165, 1.54) is 0 Å². The van der Waals surface area contributed by atoms with Crippen LogP contribution in [0.15, 0.2) is 54.6 Å². The summed E-state index contributed by atoms with van der Waals surface area (Å²) >= 11 is 0. The van der Waals surface area contributed by atoms with Gasteiger partial charge in [0.1, 0.15) is 5.69 Å². The van der Waals surface area contributed by atoms with E-state index in [-0.39, 0.29) is 0 Å². The molecule has 0 amide bonds. The van der Waals surface area contributed by atoms with Crippen molar-refractivity contribution in [2.24, 2.45) is 0 Å². The lowest BCUT2D eigenvalue weighted by atomic mass is 10.2. The molecular formula is C15H12N2O2. The number of fused-ring (bicyclic) bond motifs is 1. The Bertz CT molecular complexity index is 713. The normalized spacial score (nSPS) is 10.5. The standard InChI is InChI=1S/C15H12N2O2/c16-11-6-2-4-8-14(11)19-15(18)13-9-10-5-1-3-7-12(10)17-13/h1-9,17H,16H2. The average molecular weight is 252 g/mol. The van der Waals surface area contributed by atoms with Crippen molar-refractivity contribution in [3.63, 3.8) is 0 Å². The van der Waals surface area contributed by atoms with Gasteiger partial charge in [0.25, 0.3) is 0 Å². The SMILES string of the molecule is Nc1ccccc1OC(=O)c1cc2ccccc2[nH]1. The highest BCUT2D eigenvalue weighted by atomic mass is 16.5. The molecule has 0 spiro atoms. The molecule has 3 rings (SSSR count). The van der Waals surface area contributed by atoms with E-state index in [2.05, 4.69) is 4.98 Å². The number of esters is 1. The first-order valence-corrected chi connectivity index (χ1v) is 5.88. The van der Waals surface area contributed by atoms with Crippen LogP contribution in [0.3, 0.4) is 0 Å². The molecule has 0 radical (unpaired) electrons. The zero-order valence-corrected chi connectivity index (χ0v) is 10.1. The van der Waals surface area contributed by atoms with E-state index in [9.17, 15) is 4.79 Å². The van der Waals surface area contributed by atoms with Crippen LogP contribution in [0.4, 0.5) is 5.69 Å². The number of aromatic nitrogens is 1. The first kappa shape index (κ1) is 11.3. The molecule has 0 aliphatic rings. The van der Waals surface area contributed by atoms with Crippen molar-refractivity contribution >= 4 is 22.6 Å². The van der Waals surface area contributed by atoms with Crippen molar-refractivity contribution in [2.75, 3.05) is 5.73 Å². The Labute approximate surface area is 109 Å². The topological polar surface area (TPSA) is 68.1 Å². The molecule has 1 heterocycles. The lowest BCUT2D eigenvalue weighted by Gasteiger charge is -2.05. The number of nitrogens with two attached hydrogens (primary N) is 1. The van der Waals surface area contributed by atoms with Crippen molar-refractivity contribution in [2.45, 2.75) is 0 Å². The van der Waals surface area contributed by atoms with Crippen LogP contribution in [-0.4, -0.2) is 11.0 Å². The maximum absolute atomic E-state index is 12.0. The second kappa shape index (κ2) is 4.49. The molecule has 0 aliphatic carbocycles. The highest BCUT2D eigenvalue weighted by Gasteiger charge is 2.12. The van der Waals surface area contributed by atoms with Gasteiger partial charge in [0.05, 0.1) is 5.69 Å². The van der Waals surface area contributed by atoms with E-state index < -0.39 is 5.97 Å². The highest BCUT2D eigenvalue weighted by molar-refractivity contribution is 5.96. The van der Waals surface area contributed by atoms with E-state index in [0.29, 0.717) is 17.1 Å². The minimum atomic E-state index is -0.450. The molecule has 94 valence electrons. The van der Waals surface area contributed by atoms with Gasteiger partial charge in [0, 0.05) is 10.9 Å². The number of hydrogen-bond donors (Lipinski definition) is 2. The molecule has 0 fully saturated rings. The maximum Gasteiger partial charge on any atom is 0.360 e. The number of anilines is 1. The number of rotatable bonds is 2. The fourth-order valence-corrected chi connectivity index (χ4v) is 1.91. The fraction of sp³-hybridized carbons (Fsp3) is 0. The molecule has 4 heteroatoms. The van der Waals surface area contributed by atoms with Crippen molar-refractivity contribution in [3.8, 4) is 5.75 Å². The van der Waals surface area contributed by atoms with Crippen LogP contribution in [0.25, 0.3) is 10.9 Å². The van der Waals surface area contributed by atoms with Crippen LogP contribution in [-0.2, 0) is 0 Å². The Balaban J connectivity index is 1.90. The number of H-pyrrole nitrogens is 1. The van der Waals surface area contributed by atoms with Gasteiger partial charge in [-0.3, -0.25) is 0 Å². The van der Waals surface area contributed by atoms with Gasteiger partial charge in [-0.05, 0) is 24.3 Å². The number of nitrogens with one attached hydrogen (secondary N) is 1. The molecule has 1 aromatic heterocycles. The average Bonchev–Trinajstić information content (AvgIpc) is 2.85. The predicted octanol–water partition coefficient (Wildman–Crippen LogP) is 2.97. The van der Waals surface area contributed by atoms with Gasteiger partial charge in [0.2, 0.25) is 0 Å². The molecule has 0 bridgehead atoms. The van der Waals surface area contributed by atoms with Gasteiger partial charge in [-0.2, -0.15) is 0 Å². The van der Waals surface area contributed by atoms with Gasteiger partial charge in [-0.15, -0.1) is 0 Å². The molecule has 0 saturated carbocycles. The summed E-state index contributed by atoms with van der Waals surface area (Å²) in [6, 6.07) is 16.3. The second-order valence-electron chi connectivity index (χ2n) is 4.20. The lowest BCUT2D eigenvalue weighted by molar-refractivity contribution is 0.0730. The lowest BCUT2D eigenvalue weighted by Crippen LogP contribution is -2.09. The van der Waals surface area contributed by atoms with Gasteiger partial charge >= 0.3 is 5.97 Å². The Kier molecular flexibility index (Phi) is 2.68. The third-order valence-corrected chi connectivity index (χ3v) is 2.87. The van der Waals surface area contributed by atoms with Crippen LogP contribution < -0.4 is 10.5 Å². The summed E-state index contributed by atoms with van der Waals surface area (Å²) in [5.74, 6) is -0.0831. The third-order valence-electron chi connectivity index (χ3n) is 2.87. The summed E-state index contributed by atoms with van der Waals surface area (Å²) in [5.41, 5.74) is 7.48. The number of nitrogen functional groups attached to an aromatic ring is 1. The smallest absolute Gasteiger partial charge is 0.360 e. The molecule has 3 aromatic rings. The number of ether oxygens (including phenoxy) is 1. The van der Waals surface area contributed by atoms with Gasteiger partial charge in [-0.1, -0.05) is 30.3 Å². The summed E-state index contributed by atoms with van der Waals surface area (Å²) in [7, 11) is 0. The van der Waals surface area contributed by atoms with Crippen molar-refractivity contribution in [3.05, 3.63) is 60.3 Å². The minimum Gasteiger partial charge on any atom is -0.420 e. The fourth-order valence-electron chi connectivity index (χ4n) is 1.91. The Morgan fingerprint density at radius 3 is 2.58 bits per heavy atom. The summed E-state index contributed by atoms with van der Waals surface area (Å²) in [4.78, 5) is 15.0. The Morgan fingerprint density at radius 1 is 1.05 bits per heavy atom. The molecule has 0 aliphatic heterocycles. The largest absolute Gasteiger partial charge is 0.420 e. The van der Waals surface area contributed by atoms with Gasteiger partial charge in [0.15, 0.2) is 5.75 Å². The Morgan fingerprint density at radius 2 is 1.79 bits per heavy atom. The van der Waals surface area contributed by atoms with Crippen LogP contribution in [0.5, 0.6) is 5.75 Å². The van der Waals surface area contributed by atoms with Crippen molar-refractivity contribution < 1.29 is 9.53 Å². The molecule has 0 atom stereocenters. The van der Waals surface area contributed by atoms with Crippen molar-refractivity contribution in [1.82, 2.24) is 4.98 Å². The van der Waals surface area contributed by atoms with Crippen LogP contribution in [0, 0.1) is 0 Å². The number of aromatic amines is 1. The van der Waals surface area contributed by atoms with E-state index >= 15 is 0 Å². The van der Waals surface area contributed by atoms with Crippen LogP contribution in [0.1, 0.15) is 10.5 Å². The molecule has 3 N–H and O–H groups in total. The monoisotopic (exact) mass is 252 g/mol. The number of para-hydroxylation sites is 3. The highest BCUT2D eigenvalue weighted by Crippen LogP contribution is 2.22. The molecule has 0 unspecified atom stereocenters. The molecular weight excluding hydrogens is 240 g/mol. The predicted molar refractivity (Wildman–Crippen MR) is 74.1 cm³/mol. The molecule has 19 heavy (non-hydrogen) atoms. The molecule has 2 aromatic carbocycles. The van der Waals surface area contributed by atoms with Gasteiger partial charge in [-0.25, -0.2) is 4.79 Å². The number of benzene rings is 2. The third kappa shape index (κ3) is 2.15. The zero-order valence-electron chi connectivity index (χ0n) is 10.1. The summed E-state index contributed by atoms with van der Waals surface area (Å²) in [5, 5.41) is 0.968. The Hall–Kier alpha value is -2.75. The van der Waals surface area contributed by atoms with Gasteiger partial charge < -0.3 is 15.5 Å². The number of carbonyl (C=O) groups excluding carboxylic acids is 1. The summed E-state index contributed by atoms with van der Waals surface area (Å²) < 4.78 is 5.27. The van der Waals surface area contributed by atoms with Crippen molar-refractivity contribution in [1.29, 1.82) is 0 Å². The quantitative estimate of drug-likeness (QED) is 0.418. The second-order valence-corrected chi connectivity index (χ2v) is 4.20. The maximum atomic E-state index is 12.0. The first-order chi connectivity index (χ1) is 9.24. The van der Waals surface area contributed by atoms with E-state index in [0.717, 1.165) is 10.9 Å². The summed E-state index contributed by atoms with van der Waals surface area (Å²) in [6.45, 7) is 0. The molecule has 4 nitrogen and oxygen atoms in total. The summed E-state index contributed by atoms with van der Waals surface area (Å²) in [6.07, 6.45) is 0. The zero-order chi connectivity index (χ0) is 13.2. The first-order valence-electron chi connectivity index (χ1n) is 5.88. The molecule has 0 saturated heterocycles. The minimum absolute atomic E-state index is 0.367. The van der Waals surface area contributed by atoms with E-state index in [1.807, 2.05) is 24.3 Å². The van der Waals surface area contributed by atoms with Crippen LogP contribution in [0.2, 0.25) is 0 Å². The number of hydrogen-bond acceptors (Lipinski definition) is 3.